The fourth-order valence-corrected chi connectivity index (χ4v) is 3.02. The molecule has 0 unspecified atom stereocenters. The zero-order valence-electron chi connectivity index (χ0n) is 17.3. The lowest BCUT2D eigenvalue weighted by Gasteiger charge is -2.09. The molecule has 1 rings (SSSR count). The number of rotatable bonds is 17. The number of carbonyl (C=O) groups is 1. The van der Waals surface area contributed by atoms with E-state index >= 15 is 0 Å². The molecule has 1 aliphatic rings. The van der Waals surface area contributed by atoms with E-state index in [1.165, 1.54) is 63.9 Å². The summed E-state index contributed by atoms with van der Waals surface area (Å²) in [5.74, 6) is -0.578. The number of epoxide rings is 1. The largest absolute Gasteiger partial charge is 0.454 e. The predicted octanol–water partition coefficient (Wildman–Crippen LogP) is 4.24. The molecule has 2 N–H and O–H groups in total. The van der Waals surface area contributed by atoms with Crippen molar-refractivity contribution in [3.05, 3.63) is 36.5 Å². The molecule has 0 aliphatic carbocycles. The Morgan fingerprint density at radius 2 is 1.57 bits per heavy atom. The van der Waals surface area contributed by atoms with Crippen LogP contribution in [0.3, 0.4) is 0 Å². The fraction of sp³-hybridized carbons (Fsp3) is 0.696. The molecular formula is C23H38O5. The molecule has 0 bridgehead atoms. The second-order valence-corrected chi connectivity index (χ2v) is 7.30. The van der Waals surface area contributed by atoms with E-state index in [0.717, 1.165) is 6.42 Å². The molecule has 1 saturated heterocycles. The third-order valence-electron chi connectivity index (χ3n) is 4.78. The van der Waals surface area contributed by atoms with E-state index in [4.69, 9.17) is 19.7 Å². The van der Waals surface area contributed by atoms with Crippen molar-refractivity contribution >= 4 is 5.97 Å². The van der Waals surface area contributed by atoms with Gasteiger partial charge in [-0.05, 0) is 25.7 Å². The topological polar surface area (TPSA) is 79.3 Å². The van der Waals surface area contributed by atoms with Crippen molar-refractivity contribution in [2.45, 2.75) is 89.4 Å². The van der Waals surface area contributed by atoms with E-state index in [0.29, 0.717) is 12.2 Å². The van der Waals surface area contributed by atoms with Crippen LogP contribution in [-0.4, -0.2) is 47.7 Å². The summed E-state index contributed by atoms with van der Waals surface area (Å²) in [5.41, 5.74) is 0. The van der Waals surface area contributed by atoms with E-state index in [1.807, 2.05) is 12.2 Å². The molecule has 2 atom stereocenters. The number of aliphatic hydroxyl groups is 2. The van der Waals surface area contributed by atoms with Gasteiger partial charge in [-0.2, -0.15) is 0 Å². The lowest BCUT2D eigenvalue weighted by atomic mass is 10.1. The molecule has 0 radical (unpaired) electrons. The van der Waals surface area contributed by atoms with Gasteiger partial charge in [0.25, 0.3) is 0 Å². The smallest absolute Gasteiger partial charge is 0.331 e. The van der Waals surface area contributed by atoms with Crippen LogP contribution in [0.5, 0.6) is 0 Å². The summed E-state index contributed by atoms with van der Waals surface area (Å²) >= 11 is 0. The number of aliphatic hydroxyl groups excluding tert-OH is 2. The molecule has 1 heterocycles. The SMILES string of the molecule is CCCCC[C@@H]1O[C@H]1CCCCCC/C=C/C=C/C=C/C(=O)OC(CO)CO. The molecule has 0 aromatic heterocycles. The normalized spacial score (nSPS) is 19.4. The molecule has 0 aromatic rings. The highest BCUT2D eigenvalue weighted by Crippen LogP contribution is 2.31. The lowest BCUT2D eigenvalue weighted by Crippen LogP contribution is -2.24. The van der Waals surface area contributed by atoms with Gasteiger partial charge >= 0.3 is 5.97 Å². The molecule has 5 heteroatoms. The Bertz CT molecular complexity index is 479. The minimum Gasteiger partial charge on any atom is -0.454 e. The molecule has 1 aliphatic heterocycles. The van der Waals surface area contributed by atoms with Gasteiger partial charge in [0.1, 0.15) is 6.10 Å². The second kappa shape index (κ2) is 16.5. The Hall–Kier alpha value is -1.43. The maximum atomic E-state index is 11.4. The van der Waals surface area contributed by atoms with Crippen LogP contribution in [0.1, 0.15) is 71.1 Å². The Balaban J connectivity index is 1.92. The van der Waals surface area contributed by atoms with E-state index in [2.05, 4.69) is 13.0 Å². The lowest BCUT2D eigenvalue weighted by molar-refractivity contribution is -0.147. The average molecular weight is 395 g/mol. The molecule has 160 valence electrons. The highest BCUT2D eigenvalue weighted by atomic mass is 16.6. The van der Waals surface area contributed by atoms with Crippen LogP contribution in [-0.2, 0) is 14.3 Å². The molecule has 0 amide bonds. The zero-order valence-corrected chi connectivity index (χ0v) is 17.3. The van der Waals surface area contributed by atoms with Gasteiger partial charge in [-0.15, -0.1) is 0 Å². The molecule has 28 heavy (non-hydrogen) atoms. The number of hydrogen-bond acceptors (Lipinski definition) is 5. The van der Waals surface area contributed by atoms with Gasteiger partial charge in [-0.1, -0.05) is 75.8 Å². The third kappa shape index (κ3) is 12.9. The van der Waals surface area contributed by atoms with Crippen molar-refractivity contribution in [3.8, 4) is 0 Å². The number of hydrogen-bond donors (Lipinski definition) is 2. The maximum absolute atomic E-state index is 11.4. The van der Waals surface area contributed by atoms with Crippen molar-refractivity contribution < 1.29 is 24.5 Å². The standard InChI is InChI=1S/C23H38O5/c1-2-3-12-15-21-22(28-21)16-13-10-8-6-4-5-7-9-11-14-17-23(26)27-20(18-24)19-25/h5,7,9,11,14,17,20-22,24-25H,2-4,6,8,10,12-13,15-16,18-19H2,1H3/b7-5+,11-9+,17-14+/t21-,22-/m0/s1. The Morgan fingerprint density at radius 3 is 2.25 bits per heavy atom. The average Bonchev–Trinajstić information content (AvgIpc) is 3.45. The van der Waals surface area contributed by atoms with Crippen LogP contribution in [0.25, 0.3) is 0 Å². The van der Waals surface area contributed by atoms with Crippen molar-refractivity contribution in [2.24, 2.45) is 0 Å². The van der Waals surface area contributed by atoms with Crippen LogP contribution < -0.4 is 0 Å². The minimum atomic E-state index is -0.856. The predicted molar refractivity (Wildman–Crippen MR) is 112 cm³/mol. The van der Waals surface area contributed by atoms with Crippen LogP contribution in [0.15, 0.2) is 36.5 Å². The highest BCUT2D eigenvalue weighted by Gasteiger charge is 2.36. The molecule has 1 fully saturated rings. The Morgan fingerprint density at radius 1 is 0.929 bits per heavy atom. The second-order valence-electron chi connectivity index (χ2n) is 7.30. The molecule has 0 saturated carbocycles. The van der Waals surface area contributed by atoms with Gasteiger partial charge < -0.3 is 19.7 Å². The minimum absolute atomic E-state index is 0.386. The summed E-state index contributed by atoms with van der Waals surface area (Å²) in [5, 5.41) is 17.6. The van der Waals surface area contributed by atoms with Crippen LogP contribution >= 0.6 is 0 Å². The molecule has 0 aromatic carbocycles. The Labute approximate surface area is 170 Å². The Kier molecular flexibility index (Phi) is 14.5. The van der Waals surface area contributed by atoms with E-state index in [-0.39, 0.29) is 13.2 Å². The van der Waals surface area contributed by atoms with Gasteiger partial charge in [0, 0.05) is 6.08 Å². The van der Waals surface area contributed by atoms with Gasteiger partial charge in [0.15, 0.2) is 0 Å². The number of unbranched alkanes of at least 4 members (excludes halogenated alkanes) is 6. The van der Waals surface area contributed by atoms with E-state index in [1.54, 1.807) is 12.2 Å². The quantitative estimate of drug-likeness (QED) is 0.127. The summed E-state index contributed by atoms with van der Waals surface area (Å²) < 4.78 is 10.5. The summed E-state index contributed by atoms with van der Waals surface area (Å²) in [6, 6.07) is 0. The first-order valence-corrected chi connectivity index (χ1v) is 10.8. The number of esters is 1. The molecule has 0 spiro atoms. The van der Waals surface area contributed by atoms with Gasteiger partial charge in [-0.3, -0.25) is 0 Å². The van der Waals surface area contributed by atoms with Crippen molar-refractivity contribution in [1.29, 1.82) is 0 Å². The number of ether oxygens (including phenoxy) is 2. The molecule has 5 nitrogen and oxygen atoms in total. The van der Waals surface area contributed by atoms with Crippen molar-refractivity contribution in [1.82, 2.24) is 0 Å². The van der Waals surface area contributed by atoms with Crippen LogP contribution in [0.4, 0.5) is 0 Å². The van der Waals surface area contributed by atoms with Gasteiger partial charge in [-0.25, -0.2) is 4.79 Å². The number of carbonyl (C=O) groups excluding carboxylic acids is 1. The first kappa shape index (κ1) is 24.6. The van der Waals surface area contributed by atoms with Gasteiger partial charge in [0.2, 0.25) is 0 Å². The third-order valence-corrected chi connectivity index (χ3v) is 4.78. The van der Waals surface area contributed by atoms with Crippen molar-refractivity contribution in [3.63, 3.8) is 0 Å². The fourth-order valence-electron chi connectivity index (χ4n) is 3.02. The van der Waals surface area contributed by atoms with E-state index < -0.39 is 12.1 Å². The van der Waals surface area contributed by atoms with Crippen LogP contribution in [0, 0.1) is 0 Å². The monoisotopic (exact) mass is 394 g/mol. The summed E-state index contributed by atoms with van der Waals surface area (Å²) in [7, 11) is 0. The highest BCUT2D eigenvalue weighted by molar-refractivity contribution is 5.82. The maximum Gasteiger partial charge on any atom is 0.331 e. The molecular weight excluding hydrogens is 356 g/mol. The van der Waals surface area contributed by atoms with Crippen molar-refractivity contribution in [2.75, 3.05) is 13.2 Å². The summed E-state index contributed by atoms with van der Waals surface area (Å²) in [4.78, 5) is 11.4. The first-order valence-electron chi connectivity index (χ1n) is 10.8. The first-order chi connectivity index (χ1) is 13.7. The van der Waals surface area contributed by atoms with Gasteiger partial charge in [0.05, 0.1) is 25.4 Å². The van der Waals surface area contributed by atoms with Crippen LogP contribution in [0.2, 0.25) is 0 Å². The summed E-state index contributed by atoms with van der Waals surface area (Å²) in [6.07, 6.45) is 23.3. The zero-order chi connectivity index (χ0) is 20.5. The van der Waals surface area contributed by atoms with E-state index in [9.17, 15) is 4.79 Å². The summed E-state index contributed by atoms with van der Waals surface area (Å²) in [6.45, 7) is 1.47. The number of allylic oxidation sites excluding steroid dienone is 5.